The number of ketones is 1. The van der Waals surface area contributed by atoms with Crippen LogP contribution in [0.1, 0.15) is 13.3 Å². The lowest BCUT2D eigenvalue weighted by Crippen LogP contribution is -2.24. The normalized spacial score (nSPS) is 10.1. The average Bonchev–Trinajstić information content (AvgIpc) is 1.82. The molecule has 0 unspecified atom stereocenters. The van der Waals surface area contributed by atoms with Crippen molar-refractivity contribution < 1.29 is 9.59 Å². The maximum atomic E-state index is 10.5. The van der Waals surface area contributed by atoms with E-state index in [0.29, 0.717) is 19.5 Å². The van der Waals surface area contributed by atoms with Gasteiger partial charge < -0.3 is 5.73 Å². The molecule has 0 heterocycles. The summed E-state index contributed by atoms with van der Waals surface area (Å²) in [5.41, 5.74) is 4.92. The summed E-state index contributed by atoms with van der Waals surface area (Å²) in [5.74, 6) is -0.251. The van der Waals surface area contributed by atoms with Crippen molar-refractivity contribution in [2.75, 3.05) is 13.1 Å². The third-order valence-corrected chi connectivity index (χ3v) is 1.82. The largest absolute Gasteiger partial charge is 0.370 e. The lowest BCUT2D eigenvalue weighted by atomic mass is 10.4. The van der Waals surface area contributed by atoms with Crippen LogP contribution in [0.2, 0.25) is 0 Å². The first-order valence-electron chi connectivity index (χ1n) is 3.21. The monoisotopic (exact) mass is 270 g/mol. The van der Waals surface area contributed by atoms with Crippen LogP contribution >= 0.6 is 22.9 Å². The lowest BCUT2D eigenvalue weighted by Gasteiger charge is -2.09. The van der Waals surface area contributed by atoms with Crippen LogP contribution in [0.25, 0.3) is 0 Å². The molecule has 0 radical (unpaired) electrons. The zero-order valence-electron chi connectivity index (χ0n) is 6.34. The summed E-state index contributed by atoms with van der Waals surface area (Å²) in [4.78, 5) is 20.8. The number of Topliss-reactive ketones (excluding diaryl/α,β-unsaturated/α-hetero) is 1. The first-order valence-corrected chi connectivity index (χ1v) is 4.17. The van der Waals surface area contributed by atoms with Gasteiger partial charge in [0, 0.05) is 35.8 Å². The molecule has 0 saturated heterocycles. The molecule has 0 bridgehead atoms. The summed E-state index contributed by atoms with van der Waals surface area (Å²) in [6, 6.07) is 0. The minimum absolute atomic E-state index is 0.0869. The molecule has 0 saturated carbocycles. The molecule has 4 nitrogen and oxygen atoms in total. The fourth-order valence-electron chi connectivity index (χ4n) is 0.552. The number of nitrogens with zero attached hydrogens (tertiary/aromatic N) is 1. The summed E-state index contributed by atoms with van der Waals surface area (Å²) < 4.78 is 1.74. The number of nitrogens with two attached hydrogens (primary N) is 1. The molecular weight excluding hydrogens is 259 g/mol. The molecule has 2 N–H and O–H groups in total. The fourth-order valence-corrected chi connectivity index (χ4v) is 1.27. The molecule has 0 fully saturated rings. The van der Waals surface area contributed by atoms with Gasteiger partial charge in [-0.2, -0.15) is 0 Å². The fraction of sp³-hybridized carbons (Fsp3) is 0.667. The number of carbonyl (C=O) groups excluding carboxylic acids is 2. The molecule has 0 aliphatic carbocycles. The quantitative estimate of drug-likeness (QED) is 0.569. The van der Waals surface area contributed by atoms with Gasteiger partial charge in [-0.3, -0.25) is 9.59 Å². The van der Waals surface area contributed by atoms with Crippen LogP contribution in [0.4, 0.5) is 0 Å². The zero-order chi connectivity index (χ0) is 8.85. The number of rotatable bonds is 5. The van der Waals surface area contributed by atoms with Gasteiger partial charge >= 0.3 is 0 Å². The molecule has 0 aromatic heterocycles. The summed E-state index contributed by atoms with van der Waals surface area (Å²) in [6.45, 7) is 2.42. The van der Waals surface area contributed by atoms with Gasteiger partial charge in [0.15, 0.2) is 0 Å². The third-order valence-electron chi connectivity index (χ3n) is 0.995. The number of primary amides is 1. The Hall–Kier alpha value is -0.170. The third kappa shape index (κ3) is 7.73. The average molecular weight is 270 g/mol. The predicted molar refractivity (Wildman–Crippen MR) is 50.1 cm³/mol. The smallest absolute Gasteiger partial charge is 0.218 e. The molecule has 0 rings (SSSR count). The minimum atomic E-state index is -0.338. The van der Waals surface area contributed by atoms with E-state index in [-0.39, 0.29) is 11.7 Å². The van der Waals surface area contributed by atoms with Gasteiger partial charge in [0.25, 0.3) is 0 Å². The Morgan fingerprint density at radius 1 is 1.55 bits per heavy atom. The molecule has 5 heteroatoms. The number of halogens is 1. The second-order valence-corrected chi connectivity index (χ2v) is 3.63. The standard InChI is InChI=1S/C6H11IN2O2/c1-5(10)4-9(7)3-2-6(8)11/h2-4H2,1H3,(H2,8,11). The van der Waals surface area contributed by atoms with E-state index in [0.717, 1.165) is 0 Å². The van der Waals surface area contributed by atoms with Crippen molar-refractivity contribution >= 4 is 34.6 Å². The maximum Gasteiger partial charge on any atom is 0.218 e. The molecule has 0 aromatic rings. The lowest BCUT2D eigenvalue weighted by molar-refractivity contribution is -0.119. The van der Waals surface area contributed by atoms with Crippen molar-refractivity contribution in [1.82, 2.24) is 3.11 Å². The van der Waals surface area contributed by atoms with Crippen LogP contribution in [0, 0.1) is 0 Å². The summed E-state index contributed by atoms with van der Waals surface area (Å²) in [5, 5.41) is 0. The topological polar surface area (TPSA) is 63.4 Å². The highest BCUT2D eigenvalue weighted by Crippen LogP contribution is 1.99. The maximum absolute atomic E-state index is 10.5. The van der Waals surface area contributed by atoms with Crippen LogP contribution in [-0.4, -0.2) is 27.9 Å². The van der Waals surface area contributed by atoms with E-state index < -0.39 is 0 Å². The van der Waals surface area contributed by atoms with E-state index in [2.05, 4.69) is 0 Å². The summed E-state index contributed by atoms with van der Waals surface area (Å²) in [7, 11) is 0. The van der Waals surface area contributed by atoms with Crippen molar-refractivity contribution in [1.29, 1.82) is 0 Å². The molecule has 0 aromatic carbocycles. The molecule has 11 heavy (non-hydrogen) atoms. The van der Waals surface area contributed by atoms with Crippen LogP contribution in [0.15, 0.2) is 0 Å². The first kappa shape index (κ1) is 10.8. The number of carbonyl (C=O) groups is 2. The molecule has 64 valence electrons. The highest BCUT2D eigenvalue weighted by molar-refractivity contribution is 14.1. The van der Waals surface area contributed by atoms with Gasteiger partial charge in [-0.1, -0.05) is 0 Å². The van der Waals surface area contributed by atoms with Crippen LogP contribution < -0.4 is 5.73 Å². The van der Waals surface area contributed by atoms with E-state index in [1.807, 2.05) is 22.9 Å². The Bertz CT molecular complexity index is 161. The Balaban J connectivity index is 3.44. The number of amides is 1. The van der Waals surface area contributed by atoms with Gasteiger partial charge in [-0.05, 0) is 6.92 Å². The number of hydrogen-bond acceptors (Lipinski definition) is 3. The van der Waals surface area contributed by atoms with Crippen molar-refractivity contribution in [3.05, 3.63) is 0 Å². The second-order valence-electron chi connectivity index (χ2n) is 2.26. The van der Waals surface area contributed by atoms with E-state index in [4.69, 9.17) is 5.73 Å². The van der Waals surface area contributed by atoms with Crippen molar-refractivity contribution in [3.63, 3.8) is 0 Å². The Labute approximate surface area is 79.6 Å². The van der Waals surface area contributed by atoms with Crippen LogP contribution in [0.3, 0.4) is 0 Å². The Kier molecular flexibility index (Phi) is 5.39. The molecule has 0 aliphatic rings. The van der Waals surface area contributed by atoms with E-state index in [1.54, 1.807) is 3.11 Å². The van der Waals surface area contributed by atoms with E-state index >= 15 is 0 Å². The van der Waals surface area contributed by atoms with Crippen molar-refractivity contribution in [3.8, 4) is 0 Å². The van der Waals surface area contributed by atoms with Gasteiger partial charge in [-0.25, -0.2) is 3.11 Å². The highest BCUT2D eigenvalue weighted by atomic mass is 127. The molecule has 0 spiro atoms. The molecule has 0 atom stereocenters. The molecular formula is C6H11IN2O2. The molecule has 1 amide bonds. The second kappa shape index (κ2) is 5.48. The van der Waals surface area contributed by atoms with Crippen LogP contribution in [0.5, 0.6) is 0 Å². The van der Waals surface area contributed by atoms with E-state index in [9.17, 15) is 9.59 Å². The first-order chi connectivity index (χ1) is 5.02. The van der Waals surface area contributed by atoms with Crippen LogP contribution in [-0.2, 0) is 9.59 Å². The highest BCUT2D eigenvalue weighted by Gasteiger charge is 2.04. The molecule has 0 aliphatic heterocycles. The van der Waals surface area contributed by atoms with Gasteiger partial charge in [0.2, 0.25) is 5.91 Å². The van der Waals surface area contributed by atoms with Crippen molar-refractivity contribution in [2.45, 2.75) is 13.3 Å². The Morgan fingerprint density at radius 2 is 2.09 bits per heavy atom. The van der Waals surface area contributed by atoms with Gasteiger partial charge in [0.05, 0.1) is 6.54 Å². The van der Waals surface area contributed by atoms with E-state index in [1.165, 1.54) is 6.92 Å². The SMILES string of the molecule is CC(=O)CN(I)CCC(N)=O. The Morgan fingerprint density at radius 3 is 2.45 bits per heavy atom. The number of hydrogen-bond donors (Lipinski definition) is 1. The summed E-state index contributed by atoms with van der Waals surface area (Å²) >= 11 is 1.99. The van der Waals surface area contributed by atoms with Crippen molar-refractivity contribution in [2.24, 2.45) is 5.73 Å². The van der Waals surface area contributed by atoms with Gasteiger partial charge in [0.1, 0.15) is 5.78 Å². The predicted octanol–water partition coefficient (Wildman–Crippen LogP) is 0.103. The summed E-state index contributed by atoms with van der Waals surface area (Å²) in [6.07, 6.45) is 0.302. The minimum Gasteiger partial charge on any atom is -0.370 e. The zero-order valence-corrected chi connectivity index (χ0v) is 8.50. The van der Waals surface area contributed by atoms with Gasteiger partial charge in [-0.15, -0.1) is 0 Å².